The van der Waals surface area contributed by atoms with Crippen LogP contribution in [-0.2, 0) is 11.8 Å². The average molecular weight is 302 g/mol. The summed E-state index contributed by atoms with van der Waals surface area (Å²) in [5.74, 6) is 1.31. The van der Waals surface area contributed by atoms with Gasteiger partial charge in [0.2, 0.25) is 0 Å². The van der Waals surface area contributed by atoms with Crippen molar-refractivity contribution in [2.75, 3.05) is 6.61 Å². The fraction of sp³-hybridized carbons (Fsp3) is 0.550. The van der Waals surface area contributed by atoms with Crippen LogP contribution in [0, 0.1) is 5.92 Å². The molecule has 0 saturated carbocycles. The summed E-state index contributed by atoms with van der Waals surface area (Å²) in [5.41, 5.74) is 2.94. The summed E-state index contributed by atoms with van der Waals surface area (Å²) in [6.07, 6.45) is 5.49. The van der Waals surface area contributed by atoms with Crippen molar-refractivity contribution in [2.24, 2.45) is 5.92 Å². The van der Waals surface area contributed by atoms with Crippen molar-refractivity contribution in [1.82, 2.24) is 0 Å². The molecule has 1 rings (SSSR count). The lowest BCUT2D eigenvalue weighted by Gasteiger charge is -2.26. The second-order valence-corrected chi connectivity index (χ2v) is 6.93. The molecule has 0 atom stereocenters. The second-order valence-electron chi connectivity index (χ2n) is 6.93. The minimum absolute atomic E-state index is 0.0458. The lowest BCUT2D eigenvalue weighted by atomic mass is 9.80. The van der Waals surface area contributed by atoms with Gasteiger partial charge in [0.15, 0.2) is 6.29 Å². The summed E-state index contributed by atoms with van der Waals surface area (Å²) in [7, 11) is 0. The number of benzene rings is 1. The molecule has 0 aliphatic carbocycles. The monoisotopic (exact) mass is 302 g/mol. The molecule has 0 fully saturated rings. The smallest absolute Gasteiger partial charge is 0.153 e. The number of allylic oxidation sites excluding steroid dienone is 1. The van der Waals surface area contributed by atoms with Gasteiger partial charge in [0.25, 0.3) is 0 Å². The first-order chi connectivity index (χ1) is 10.4. The quantitative estimate of drug-likeness (QED) is 0.454. The Morgan fingerprint density at radius 1 is 1.32 bits per heavy atom. The summed E-state index contributed by atoms with van der Waals surface area (Å²) in [6.45, 7) is 15.4. The van der Waals surface area contributed by atoms with Crippen LogP contribution in [0.1, 0.15) is 68.9 Å². The Labute approximate surface area is 135 Å². The standard InChI is InChI=1S/C20H30O2/c1-7-9-16-12-18(20(5,6)8-2)13-17(14-21)19(16)22-11-10-15(3)4/h7,12-15H,1,8-11H2,2-6H3. The fourth-order valence-electron chi connectivity index (χ4n) is 2.28. The Bertz CT molecular complexity index is 513. The van der Waals surface area contributed by atoms with Crippen LogP contribution in [0.4, 0.5) is 0 Å². The largest absolute Gasteiger partial charge is 0.493 e. The number of hydrogen-bond acceptors (Lipinski definition) is 2. The molecule has 1 aromatic carbocycles. The Kier molecular flexibility index (Phi) is 6.86. The van der Waals surface area contributed by atoms with Gasteiger partial charge >= 0.3 is 0 Å². The molecular weight excluding hydrogens is 272 g/mol. The minimum Gasteiger partial charge on any atom is -0.493 e. The van der Waals surface area contributed by atoms with Gasteiger partial charge in [-0.15, -0.1) is 6.58 Å². The van der Waals surface area contributed by atoms with E-state index in [0.717, 1.165) is 30.4 Å². The van der Waals surface area contributed by atoms with Crippen LogP contribution in [0.3, 0.4) is 0 Å². The second kappa shape index (κ2) is 8.17. The molecule has 22 heavy (non-hydrogen) atoms. The zero-order chi connectivity index (χ0) is 16.8. The Morgan fingerprint density at radius 3 is 2.50 bits per heavy atom. The van der Waals surface area contributed by atoms with E-state index < -0.39 is 0 Å². The van der Waals surface area contributed by atoms with E-state index in [2.05, 4.69) is 47.3 Å². The summed E-state index contributed by atoms with van der Waals surface area (Å²) >= 11 is 0. The first kappa shape index (κ1) is 18.5. The first-order valence-corrected chi connectivity index (χ1v) is 8.22. The highest BCUT2D eigenvalue weighted by Gasteiger charge is 2.22. The van der Waals surface area contributed by atoms with Crippen LogP contribution in [0.15, 0.2) is 24.8 Å². The van der Waals surface area contributed by atoms with Gasteiger partial charge in [-0.1, -0.05) is 46.8 Å². The summed E-state index contributed by atoms with van der Waals surface area (Å²) in [5, 5.41) is 0. The number of rotatable bonds is 9. The van der Waals surface area contributed by atoms with Crippen LogP contribution in [-0.4, -0.2) is 12.9 Å². The molecule has 0 heterocycles. The molecule has 2 heteroatoms. The average Bonchev–Trinajstić information content (AvgIpc) is 2.48. The topological polar surface area (TPSA) is 26.3 Å². The first-order valence-electron chi connectivity index (χ1n) is 8.22. The molecule has 0 aromatic heterocycles. The highest BCUT2D eigenvalue weighted by atomic mass is 16.5. The minimum atomic E-state index is 0.0458. The maximum Gasteiger partial charge on any atom is 0.153 e. The molecule has 1 aromatic rings. The maximum atomic E-state index is 11.5. The maximum absolute atomic E-state index is 11.5. The zero-order valence-corrected chi connectivity index (χ0v) is 14.7. The van der Waals surface area contributed by atoms with Gasteiger partial charge in [-0.25, -0.2) is 0 Å². The van der Waals surface area contributed by atoms with Crippen molar-refractivity contribution in [3.63, 3.8) is 0 Å². The van der Waals surface area contributed by atoms with Gasteiger partial charge < -0.3 is 4.74 Å². The van der Waals surface area contributed by atoms with E-state index in [-0.39, 0.29) is 5.41 Å². The van der Waals surface area contributed by atoms with Crippen molar-refractivity contribution in [3.05, 3.63) is 41.5 Å². The van der Waals surface area contributed by atoms with E-state index in [0.29, 0.717) is 24.5 Å². The van der Waals surface area contributed by atoms with Gasteiger partial charge in [0, 0.05) is 0 Å². The number of carbonyl (C=O) groups is 1. The van der Waals surface area contributed by atoms with E-state index in [1.54, 1.807) is 0 Å². The van der Waals surface area contributed by atoms with E-state index in [4.69, 9.17) is 4.74 Å². The molecule has 122 valence electrons. The van der Waals surface area contributed by atoms with Gasteiger partial charge in [0.1, 0.15) is 5.75 Å². The van der Waals surface area contributed by atoms with E-state index in [1.165, 1.54) is 5.56 Å². The predicted octanol–water partition coefficient (Wildman–Crippen LogP) is 5.34. The van der Waals surface area contributed by atoms with E-state index >= 15 is 0 Å². The van der Waals surface area contributed by atoms with Gasteiger partial charge in [-0.3, -0.25) is 4.79 Å². The summed E-state index contributed by atoms with van der Waals surface area (Å²) in [4.78, 5) is 11.5. The lowest BCUT2D eigenvalue weighted by Crippen LogP contribution is -2.17. The highest BCUT2D eigenvalue weighted by Crippen LogP contribution is 2.33. The van der Waals surface area contributed by atoms with Crippen LogP contribution >= 0.6 is 0 Å². The Morgan fingerprint density at radius 2 is 2.00 bits per heavy atom. The molecule has 0 aliphatic rings. The van der Waals surface area contributed by atoms with Gasteiger partial charge in [-0.2, -0.15) is 0 Å². The Balaban J connectivity index is 3.23. The lowest BCUT2D eigenvalue weighted by molar-refractivity contribution is 0.111. The third kappa shape index (κ3) is 4.72. The molecule has 0 bridgehead atoms. The summed E-state index contributed by atoms with van der Waals surface area (Å²) in [6, 6.07) is 4.15. The fourth-order valence-corrected chi connectivity index (χ4v) is 2.28. The molecule has 0 radical (unpaired) electrons. The Hall–Kier alpha value is -1.57. The molecule has 0 aliphatic heterocycles. The molecule has 0 saturated heterocycles. The molecule has 0 unspecified atom stereocenters. The number of hydrogen-bond donors (Lipinski definition) is 0. The van der Waals surface area contributed by atoms with Crippen LogP contribution in [0.2, 0.25) is 0 Å². The van der Waals surface area contributed by atoms with E-state index in [1.807, 2.05) is 12.1 Å². The molecule has 0 N–H and O–H groups in total. The van der Waals surface area contributed by atoms with Crippen molar-refractivity contribution in [3.8, 4) is 5.75 Å². The summed E-state index contributed by atoms with van der Waals surface area (Å²) < 4.78 is 5.94. The van der Waals surface area contributed by atoms with Crippen molar-refractivity contribution < 1.29 is 9.53 Å². The molecule has 0 spiro atoms. The van der Waals surface area contributed by atoms with E-state index in [9.17, 15) is 4.79 Å². The molecular formula is C20H30O2. The van der Waals surface area contributed by atoms with Crippen LogP contribution in [0.5, 0.6) is 5.75 Å². The normalized spacial score (nSPS) is 11.5. The van der Waals surface area contributed by atoms with Crippen LogP contribution < -0.4 is 4.74 Å². The van der Waals surface area contributed by atoms with Crippen molar-refractivity contribution in [1.29, 1.82) is 0 Å². The van der Waals surface area contributed by atoms with Crippen LogP contribution in [0.25, 0.3) is 0 Å². The van der Waals surface area contributed by atoms with Crippen molar-refractivity contribution >= 4 is 6.29 Å². The number of carbonyl (C=O) groups excluding carboxylic acids is 1. The van der Waals surface area contributed by atoms with Gasteiger partial charge in [-0.05, 0) is 47.8 Å². The number of aldehydes is 1. The molecule has 0 amide bonds. The third-order valence-electron chi connectivity index (χ3n) is 4.29. The number of ether oxygens (including phenoxy) is 1. The van der Waals surface area contributed by atoms with Gasteiger partial charge in [0.05, 0.1) is 12.2 Å². The highest BCUT2D eigenvalue weighted by molar-refractivity contribution is 5.81. The zero-order valence-electron chi connectivity index (χ0n) is 14.7. The predicted molar refractivity (Wildman–Crippen MR) is 94.0 cm³/mol. The van der Waals surface area contributed by atoms with Crippen molar-refractivity contribution in [2.45, 2.75) is 59.3 Å². The molecule has 2 nitrogen and oxygen atoms in total. The SMILES string of the molecule is C=CCc1cc(C(C)(C)CC)cc(C=O)c1OCCC(C)C. The third-order valence-corrected chi connectivity index (χ3v) is 4.29.